The second-order valence-corrected chi connectivity index (χ2v) is 15.0. The first-order chi connectivity index (χ1) is 9.79. The van der Waals surface area contributed by atoms with Crippen molar-refractivity contribution in [3.8, 4) is 5.75 Å². The lowest BCUT2D eigenvalue weighted by molar-refractivity contribution is 0.112. The molecule has 4 heteroatoms. The van der Waals surface area contributed by atoms with Crippen LogP contribution in [-0.2, 0) is 0 Å². The Bertz CT molecular complexity index is 462. The third-order valence-electron chi connectivity index (χ3n) is 4.33. The predicted octanol–water partition coefficient (Wildman–Crippen LogP) is 5.78. The van der Waals surface area contributed by atoms with E-state index in [1.165, 1.54) is 4.90 Å². The molecule has 0 atom stereocenters. The highest BCUT2D eigenvalue weighted by Crippen LogP contribution is 2.52. The number of ether oxygens (including phenoxy) is 1. The van der Waals surface area contributed by atoms with Crippen LogP contribution in [0.5, 0.6) is 5.75 Å². The highest BCUT2D eigenvalue weighted by molar-refractivity contribution is 8.29. The number of methoxy groups -OCH3 is 1. The molecule has 0 saturated heterocycles. The third kappa shape index (κ3) is 3.72. The number of carbonyl (C=O) groups excluding carboxylic acids is 1. The van der Waals surface area contributed by atoms with E-state index in [1.54, 1.807) is 7.11 Å². The van der Waals surface area contributed by atoms with E-state index in [9.17, 15) is 4.79 Å². The summed E-state index contributed by atoms with van der Waals surface area (Å²) in [5.74, 6) is 0.653. The van der Waals surface area contributed by atoms with Gasteiger partial charge in [-0.15, -0.1) is 0 Å². The molecule has 0 amide bonds. The molecule has 0 aliphatic carbocycles. The van der Waals surface area contributed by atoms with Crippen molar-refractivity contribution in [3.63, 3.8) is 0 Å². The van der Waals surface area contributed by atoms with Gasteiger partial charge in [-0.25, -0.2) is 0 Å². The highest BCUT2D eigenvalue weighted by atomic mass is 32.4. The number of hydrogen-bond acceptors (Lipinski definition) is 3. The number of hydrogen-bond donors (Lipinski definition) is 0. The van der Waals surface area contributed by atoms with E-state index in [1.807, 2.05) is 23.3 Å². The number of rotatable bonds is 7. The van der Waals surface area contributed by atoms with Crippen LogP contribution >= 0.6 is 11.2 Å². The van der Waals surface area contributed by atoms with Gasteiger partial charge in [-0.1, -0.05) is 41.5 Å². The normalized spacial score (nSPS) is 12.3. The lowest BCUT2D eigenvalue weighted by Gasteiger charge is -2.42. The molecule has 0 fully saturated rings. The molecule has 2 nitrogen and oxygen atoms in total. The van der Waals surface area contributed by atoms with Crippen molar-refractivity contribution in [2.45, 2.75) is 63.1 Å². The van der Waals surface area contributed by atoms with E-state index < -0.39 is 7.22 Å². The van der Waals surface area contributed by atoms with Crippen molar-refractivity contribution in [3.05, 3.63) is 23.8 Å². The zero-order chi connectivity index (χ0) is 16.2. The fraction of sp³-hybridized carbons (Fsp3) is 0.588. The maximum atomic E-state index is 11.2. The second-order valence-electron chi connectivity index (χ2n) is 6.44. The molecule has 118 valence electrons. The first kappa shape index (κ1) is 18.3. The van der Waals surface area contributed by atoms with Crippen LogP contribution in [0.4, 0.5) is 0 Å². The average Bonchev–Trinajstić information content (AvgIpc) is 2.43. The van der Waals surface area contributed by atoms with Gasteiger partial charge >= 0.3 is 0 Å². The molecular weight excluding hydrogens is 296 g/mol. The van der Waals surface area contributed by atoms with Crippen molar-refractivity contribution in [1.82, 2.24) is 0 Å². The monoisotopic (exact) mass is 324 g/mol. The predicted molar refractivity (Wildman–Crippen MR) is 95.3 cm³/mol. The number of benzene rings is 1. The molecule has 0 heterocycles. The zero-order valence-corrected chi connectivity index (χ0v) is 16.1. The Morgan fingerprint density at radius 2 is 1.57 bits per heavy atom. The Balaban J connectivity index is 3.24. The molecule has 1 aromatic carbocycles. The van der Waals surface area contributed by atoms with E-state index in [0.29, 0.717) is 27.9 Å². The first-order valence-corrected chi connectivity index (χ1v) is 11.4. The van der Waals surface area contributed by atoms with Crippen LogP contribution in [0.2, 0.25) is 16.6 Å². The summed E-state index contributed by atoms with van der Waals surface area (Å²) in [6.07, 6.45) is 0.881. The summed E-state index contributed by atoms with van der Waals surface area (Å²) in [6.45, 7) is 14.1. The molecule has 0 saturated carbocycles. The average molecular weight is 325 g/mol. The van der Waals surface area contributed by atoms with Crippen LogP contribution in [0.25, 0.3) is 0 Å². The number of aldehydes is 1. The van der Waals surface area contributed by atoms with Crippen LogP contribution in [0.1, 0.15) is 51.9 Å². The minimum absolute atomic E-state index is 0.640. The van der Waals surface area contributed by atoms with Gasteiger partial charge < -0.3 is 4.74 Å². The van der Waals surface area contributed by atoms with Crippen LogP contribution in [0.3, 0.4) is 0 Å². The smallest absolute Gasteiger partial charge is 0.153 e. The lowest BCUT2D eigenvalue weighted by Crippen LogP contribution is -2.40. The maximum absolute atomic E-state index is 11.2. The van der Waals surface area contributed by atoms with Crippen molar-refractivity contribution >= 4 is 24.7 Å². The summed E-state index contributed by atoms with van der Waals surface area (Å²) < 4.78 is 5.23. The Hall–Kier alpha value is -0.743. The maximum Gasteiger partial charge on any atom is 0.153 e. The molecule has 0 radical (unpaired) electrons. The van der Waals surface area contributed by atoms with Crippen molar-refractivity contribution in [2.75, 3.05) is 7.11 Å². The Morgan fingerprint density at radius 1 is 1.05 bits per heavy atom. The topological polar surface area (TPSA) is 26.3 Å². The van der Waals surface area contributed by atoms with Crippen LogP contribution < -0.4 is 4.74 Å². The largest absolute Gasteiger partial charge is 0.496 e. The summed E-state index contributed by atoms with van der Waals surface area (Å²) >= 11 is 2.03. The minimum Gasteiger partial charge on any atom is -0.496 e. The summed E-state index contributed by atoms with van der Waals surface area (Å²) in [4.78, 5) is 12.4. The highest BCUT2D eigenvalue weighted by Gasteiger charge is 2.44. The van der Waals surface area contributed by atoms with Crippen molar-refractivity contribution in [1.29, 1.82) is 0 Å². The first-order valence-electron chi connectivity index (χ1n) is 7.61. The van der Waals surface area contributed by atoms with Gasteiger partial charge in [0.25, 0.3) is 0 Å². The zero-order valence-electron chi connectivity index (χ0n) is 14.3. The van der Waals surface area contributed by atoms with Crippen LogP contribution in [0.15, 0.2) is 23.1 Å². The van der Waals surface area contributed by atoms with E-state index in [-0.39, 0.29) is 0 Å². The molecule has 0 aliphatic heterocycles. The SMILES string of the molecule is COc1ccc(S[Si](C(C)C)(C(C)C)C(C)C)cc1C=O. The van der Waals surface area contributed by atoms with Gasteiger partial charge in [-0.05, 0) is 34.8 Å². The fourth-order valence-electron chi connectivity index (χ4n) is 3.43. The van der Waals surface area contributed by atoms with E-state index in [2.05, 4.69) is 47.6 Å². The molecule has 1 aromatic rings. The molecule has 0 aliphatic rings. The van der Waals surface area contributed by atoms with E-state index >= 15 is 0 Å². The fourth-order valence-corrected chi connectivity index (χ4v) is 12.6. The van der Waals surface area contributed by atoms with Crippen molar-refractivity contribution < 1.29 is 9.53 Å². The lowest BCUT2D eigenvalue weighted by atomic mass is 10.2. The van der Waals surface area contributed by atoms with Crippen LogP contribution in [-0.4, -0.2) is 20.6 Å². The van der Waals surface area contributed by atoms with Gasteiger partial charge in [0.1, 0.15) is 13.0 Å². The Morgan fingerprint density at radius 3 is 1.95 bits per heavy atom. The summed E-state index contributed by atoms with van der Waals surface area (Å²) in [5.41, 5.74) is 2.69. The third-order valence-corrected chi connectivity index (χ3v) is 16.6. The molecule has 0 aromatic heterocycles. The summed E-state index contributed by atoms with van der Waals surface area (Å²) in [5, 5.41) is 0. The van der Waals surface area contributed by atoms with Gasteiger partial charge in [0.05, 0.1) is 12.7 Å². The quantitative estimate of drug-likeness (QED) is 0.470. The second kappa shape index (κ2) is 7.50. The Kier molecular flexibility index (Phi) is 6.54. The molecule has 0 spiro atoms. The van der Waals surface area contributed by atoms with Gasteiger partial charge in [-0.3, -0.25) is 4.79 Å². The van der Waals surface area contributed by atoms with Gasteiger partial charge in [-0.2, -0.15) is 11.2 Å². The van der Waals surface area contributed by atoms with E-state index in [0.717, 1.165) is 6.29 Å². The molecule has 21 heavy (non-hydrogen) atoms. The molecular formula is C17H28O2SSi. The van der Waals surface area contributed by atoms with Gasteiger partial charge in [0.15, 0.2) is 6.29 Å². The van der Waals surface area contributed by atoms with Gasteiger partial charge in [0.2, 0.25) is 0 Å². The van der Waals surface area contributed by atoms with E-state index in [4.69, 9.17) is 4.74 Å². The summed E-state index contributed by atoms with van der Waals surface area (Å²) in [6, 6.07) is 5.98. The Labute approximate surface area is 134 Å². The minimum atomic E-state index is -1.57. The standard InChI is InChI=1S/C17H28O2SSi/c1-12(2)21(13(3)4,14(5)6)20-16-8-9-17(19-7)15(10-16)11-18/h8-14H,1-7H3. The molecule has 0 unspecified atom stereocenters. The summed E-state index contributed by atoms with van der Waals surface area (Å²) in [7, 11) is 0.0300. The molecule has 0 bridgehead atoms. The van der Waals surface area contributed by atoms with Gasteiger partial charge in [0, 0.05) is 4.90 Å². The van der Waals surface area contributed by atoms with Crippen molar-refractivity contribution in [2.24, 2.45) is 0 Å². The molecule has 1 rings (SSSR count). The number of carbonyl (C=O) groups is 1. The molecule has 0 N–H and O–H groups in total. The van der Waals surface area contributed by atoms with Crippen LogP contribution in [0, 0.1) is 0 Å².